The SMILES string of the molecule is C=CCN(C(=O)NC(=O)CC(C)(C)CC(=O)O)C(C)C. The van der Waals surface area contributed by atoms with E-state index in [4.69, 9.17) is 5.11 Å². The topological polar surface area (TPSA) is 86.7 Å². The van der Waals surface area contributed by atoms with Crippen LogP contribution in [0, 0.1) is 5.41 Å². The Hall–Kier alpha value is -1.85. The molecule has 3 amide bonds. The van der Waals surface area contributed by atoms with Crippen LogP contribution >= 0.6 is 0 Å². The molecule has 6 nitrogen and oxygen atoms in total. The maximum atomic E-state index is 11.9. The van der Waals surface area contributed by atoms with E-state index in [-0.39, 0.29) is 18.9 Å². The van der Waals surface area contributed by atoms with Crippen LogP contribution in [0.4, 0.5) is 4.79 Å². The van der Waals surface area contributed by atoms with Gasteiger partial charge in [-0.1, -0.05) is 19.9 Å². The summed E-state index contributed by atoms with van der Waals surface area (Å²) in [6.45, 7) is 10.9. The molecule has 0 spiro atoms. The number of hydrogen-bond donors (Lipinski definition) is 2. The molecule has 20 heavy (non-hydrogen) atoms. The summed E-state index contributed by atoms with van der Waals surface area (Å²) < 4.78 is 0. The van der Waals surface area contributed by atoms with Crippen LogP contribution in [0.25, 0.3) is 0 Å². The Bertz CT molecular complexity index is 389. The summed E-state index contributed by atoms with van der Waals surface area (Å²) in [6, 6.07) is -0.552. The Kier molecular flexibility index (Phi) is 6.96. The highest BCUT2D eigenvalue weighted by atomic mass is 16.4. The highest BCUT2D eigenvalue weighted by molar-refractivity contribution is 5.94. The van der Waals surface area contributed by atoms with Gasteiger partial charge >= 0.3 is 12.0 Å². The number of rotatable bonds is 7. The zero-order valence-electron chi connectivity index (χ0n) is 12.6. The van der Waals surface area contributed by atoms with E-state index in [1.165, 1.54) is 4.90 Å². The van der Waals surface area contributed by atoms with Gasteiger partial charge in [0.1, 0.15) is 0 Å². The predicted octanol–water partition coefficient (Wildman–Crippen LogP) is 2.01. The van der Waals surface area contributed by atoms with Crippen molar-refractivity contribution in [2.45, 2.75) is 46.6 Å². The van der Waals surface area contributed by atoms with Gasteiger partial charge in [-0.25, -0.2) is 4.79 Å². The van der Waals surface area contributed by atoms with Gasteiger partial charge in [-0.2, -0.15) is 0 Å². The molecule has 0 aliphatic carbocycles. The number of urea groups is 1. The smallest absolute Gasteiger partial charge is 0.324 e. The van der Waals surface area contributed by atoms with Crippen molar-refractivity contribution in [3.05, 3.63) is 12.7 Å². The first-order valence-corrected chi connectivity index (χ1v) is 6.52. The average Bonchev–Trinajstić information content (AvgIpc) is 2.21. The third-order valence-electron chi connectivity index (χ3n) is 2.73. The number of aliphatic carboxylic acids is 1. The standard InChI is InChI=1S/C14H24N2O4/c1-6-7-16(10(2)3)13(20)15-11(17)8-14(4,5)9-12(18)19/h6,10H,1,7-9H2,2-5H3,(H,18,19)(H,15,17,20). The number of hydrogen-bond acceptors (Lipinski definition) is 3. The molecule has 6 heteroatoms. The van der Waals surface area contributed by atoms with Gasteiger partial charge in [0.05, 0.1) is 6.42 Å². The van der Waals surface area contributed by atoms with E-state index in [1.54, 1.807) is 19.9 Å². The van der Waals surface area contributed by atoms with Crippen molar-refractivity contribution in [2.75, 3.05) is 6.54 Å². The Morgan fingerprint density at radius 3 is 2.25 bits per heavy atom. The lowest BCUT2D eigenvalue weighted by atomic mass is 9.85. The van der Waals surface area contributed by atoms with Gasteiger partial charge in [-0.3, -0.25) is 14.9 Å². The van der Waals surface area contributed by atoms with Gasteiger partial charge in [0.15, 0.2) is 0 Å². The van der Waals surface area contributed by atoms with Crippen LogP contribution < -0.4 is 5.32 Å². The molecule has 0 aliphatic rings. The summed E-state index contributed by atoms with van der Waals surface area (Å²) in [5.41, 5.74) is -0.697. The molecule has 0 saturated carbocycles. The second-order valence-electron chi connectivity index (χ2n) is 5.80. The van der Waals surface area contributed by atoms with Crippen molar-refractivity contribution in [1.82, 2.24) is 10.2 Å². The monoisotopic (exact) mass is 284 g/mol. The second kappa shape index (κ2) is 7.67. The Labute approximate surface area is 119 Å². The van der Waals surface area contributed by atoms with Crippen molar-refractivity contribution >= 4 is 17.9 Å². The molecule has 0 saturated heterocycles. The summed E-state index contributed by atoms with van der Waals surface area (Å²) in [6.07, 6.45) is 1.43. The fraction of sp³-hybridized carbons (Fsp3) is 0.643. The Morgan fingerprint density at radius 1 is 1.30 bits per heavy atom. The van der Waals surface area contributed by atoms with Crippen LogP contribution in [0.3, 0.4) is 0 Å². The molecule has 114 valence electrons. The van der Waals surface area contributed by atoms with E-state index >= 15 is 0 Å². The van der Waals surface area contributed by atoms with E-state index in [0.29, 0.717) is 6.54 Å². The quantitative estimate of drug-likeness (QED) is 0.700. The first-order valence-electron chi connectivity index (χ1n) is 6.52. The van der Waals surface area contributed by atoms with E-state index in [0.717, 1.165) is 0 Å². The van der Waals surface area contributed by atoms with Crippen molar-refractivity contribution in [3.63, 3.8) is 0 Å². The number of amides is 3. The van der Waals surface area contributed by atoms with E-state index < -0.39 is 23.3 Å². The predicted molar refractivity (Wildman–Crippen MR) is 76.2 cm³/mol. The molecule has 0 bridgehead atoms. The van der Waals surface area contributed by atoms with E-state index in [9.17, 15) is 14.4 Å². The summed E-state index contributed by atoms with van der Waals surface area (Å²) in [5.74, 6) is -1.44. The third kappa shape index (κ3) is 6.92. The molecular weight excluding hydrogens is 260 g/mol. The molecule has 0 aromatic carbocycles. The number of nitrogens with zero attached hydrogens (tertiary/aromatic N) is 1. The first kappa shape index (κ1) is 18.1. The molecule has 0 aliphatic heterocycles. The minimum absolute atomic E-state index is 0.0228. The van der Waals surface area contributed by atoms with Crippen molar-refractivity contribution in [2.24, 2.45) is 5.41 Å². The number of nitrogens with one attached hydrogen (secondary N) is 1. The van der Waals surface area contributed by atoms with E-state index in [2.05, 4.69) is 11.9 Å². The molecule has 2 N–H and O–H groups in total. The fourth-order valence-corrected chi connectivity index (χ4v) is 1.81. The summed E-state index contributed by atoms with van der Waals surface area (Å²) in [7, 11) is 0. The Morgan fingerprint density at radius 2 is 1.85 bits per heavy atom. The number of carboxylic acid groups (broad SMARTS) is 1. The van der Waals surface area contributed by atoms with Gasteiger partial charge in [0, 0.05) is 19.0 Å². The largest absolute Gasteiger partial charge is 0.481 e. The van der Waals surface area contributed by atoms with Crippen LogP contribution in [0.2, 0.25) is 0 Å². The van der Waals surface area contributed by atoms with Crippen LogP contribution in [0.15, 0.2) is 12.7 Å². The summed E-state index contributed by atoms with van der Waals surface area (Å²) in [5, 5.41) is 11.0. The van der Waals surface area contributed by atoms with Crippen molar-refractivity contribution in [1.29, 1.82) is 0 Å². The number of carbonyl (C=O) groups excluding carboxylic acids is 2. The summed E-state index contributed by atoms with van der Waals surface area (Å²) >= 11 is 0. The molecule has 0 fully saturated rings. The lowest BCUT2D eigenvalue weighted by molar-refractivity contribution is -0.139. The molecule has 0 aromatic rings. The minimum atomic E-state index is -0.968. The van der Waals surface area contributed by atoms with Gasteiger partial charge < -0.3 is 10.0 Å². The fourth-order valence-electron chi connectivity index (χ4n) is 1.81. The maximum absolute atomic E-state index is 11.9. The third-order valence-corrected chi connectivity index (χ3v) is 2.73. The first-order chi connectivity index (χ1) is 9.09. The molecule has 0 atom stereocenters. The number of carboxylic acids is 1. The molecule has 0 aromatic heterocycles. The normalized spacial score (nSPS) is 11.1. The van der Waals surface area contributed by atoms with Crippen LogP contribution in [0.1, 0.15) is 40.5 Å². The number of carbonyl (C=O) groups is 3. The van der Waals surface area contributed by atoms with Crippen LogP contribution in [-0.4, -0.2) is 40.5 Å². The molecule has 0 radical (unpaired) electrons. The lowest BCUT2D eigenvalue weighted by Crippen LogP contribution is -2.47. The van der Waals surface area contributed by atoms with Crippen molar-refractivity contribution < 1.29 is 19.5 Å². The molecule has 0 rings (SSSR count). The minimum Gasteiger partial charge on any atom is -0.481 e. The molecule has 0 heterocycles. The zero-order valence-corrected chi connectivity index (χ0v) is 12.6. The highest BCUT2D eigenvalue weighted by Gasteiger charge is 2.27. The van der Waals surface area contributed by atoms with Crippen LogP contribution in [-0.2, 0) is 9.59 Å². The zero-order chi connectivity index (χ0) is 15.9. The number of imide groups is 1. The highest BCUT2D eigenvalue weighted by Crippen LogP contribution is 2.24. The average molecular weight is 284 g/mol. The van der Waals surface area contributed by atoms with Gasteiger partial charge in [0.25, 0.3) is 0 Å². The summed E-state index contributed by atoms with van der Waals surface area (Å²) in [4.78, 5) is 35.9. The van der Waals surface area contributed by atoms with E-state index in [1.807, 2.05) is 13.8 Å². The van der Waals surface area contributed by atoms with Gasteiger partial charge in [-0.15, -0.1) is 6.58 Å². The Balaban J connectivity index is 4.55. The molecule has 0 unspecified atom stereocenters. The molecular formula is C14H24N2O4. The maximum Gasteiger partial charge on any atom is 0.324 e. The van der Waals surface area contributed by atoms with Gasteiger partial charge in [-0.05, 0) is 19.3 Å². The van der Waals surface area contributed by atoms with Gasteiger partial charge in [0.2, 0.25) is 5.91 Å². The van der Waals surface area contributed by atoms with Crippen molar-refractivity contribution in [3.8, 4) is 0 Å². The van der Waals surface area contributed by atoms with Crippen LogP contribution in [0.5, 0.6) is 0 Å². The second-order valence-corrected chi connectivity index (χ2v) is 5.80. The lowest BCUT2D eigenvalue weighted by Gasteiger charge is -2.26.